The molecule has 1 unspecified atom stereocenters. The lowest BCUT2D eigenvalue weighted by Gasteiger charge is -2.23. The number of nitrogens with one attached hydrogen (secondary N) is 1. The predicted octanol–water partition coefficient (Wildman–Crippen LogP) is 3.50. The van der Waals surface area contributed by atoms with Crippen molar-refractivity contribution in [3.63, 3.8) is 0 Å². The third-order valence-corrected chi connectivity index (χ3v) is 4.73. The van der Waals surface area contributed by atoms with Crippen LogP contribution in [0.15, 0.2) is 30.5 Å². The highest BCUT2D eigenvalue weighted by Gasteiger charge is 2.18. The standard InChI is InChI=1S/C21H30N4O2/c1-6-7-19(15(4)27-5)24-20-18(14(3)23-21(22)25-20)11-17-9-8-16(12-26)10-13(17)2/h8-10,19,26H,4,6-7,11-12H2,1-3,5H3,(H3,22,23,24,25). The fraction of sp³-hybridized carbons (Fsp3) is 0.429. The van der Waals surface area contributed by atoms with Gasteiger partial charge in [-0.15, -0.1) is 0 Å². The van der Waals surface area contributed by atoms with Crippen LogP contribution in [-0.2, 0) is 17.8 Å². The van der Waals surface area contributed by atoms with Crippen LogP contribution in [0, 0.1) is 13.8 Å². The first-order valence-electron chi connectivity index (χ1n) is 9.21. The van der Waals surface area contributed by atoms with Gasteiger partial charge in [0.15, 0.2) is 0 Å². The Balaban J connectivity index is 2.40. The molecule has 0 spiro atoms. The summed E-state index contributed by atoms with van der Waals surface area (Å²) in [5, 5.41) is 12.8. The molecule has 4 N–H and O–H groups in total. The van der Waals surface area contributed by atoms with Crippen LogP contribution in [0.1, 0.15) is 47.7 Å². The van der Waals surface area contributed by atoms with Gasteiger partial charge in [-0.05, 0) is 37.0 Å². The van der Waals surface area contributed by atoms with Crippen molar-refractivity contribution in [3.05, 3.63) is 58.5 Å². The maximum absolute atomic E-state index is 9.32. The summed E-state index contributed by atoms with van der Waals surface area (Å²) in [6.07, 6.45) is 2.53. The van der Waals surface area contributed by atoms with Gasteiger partial charge < -0.3 is 20.9 Å². The lowest BCUT2D eigenvalue weighted by molar-refractivity contribution is 0.267. The fourth-order valence-corrected chi connectivity index (χ4v) is 3.10. The molecule has 0 aliphatic rings. The minimum atomic E-state index is -0.0506. The van der Waals surface area contributed by atoms with E-state index in [1.165, 1.54) is 0 Å². The number of hydrogen-bond donors (Lipinski definition) is 3. The number of aromatic nitrogens is 2. The highest BCUT2D eigenvalue weighted by molar-refractivity contribution is 5.53. The summed E-state index contributed by atoms with van der Waals surface area (Å²) in [7, 11) is 1.62. The van der Waals surface area contributed by atoms with E-state index >= 15 is 0 Å². The highest BCUT2D eigenvalue weighted by Crippen LogP contribution is 2.25. The summed E-state index contributed by atoms with van der Waals surface area (Å²) in [5.74, 6) is 1.62. The molecule has 1 atom stereocenters. The van der Waals surface area contributed by atoms with Crippen LogP contribution in [0.5, 0.6) is 0 Å². The van der Waals surface area contributed by atoms with Crippen molar-refractivity contribution in [3.8, 4) is 0 Å². The number of nitrogens with two attached hydrogens (primary N) is 1. The van der Waals surface area contributed by atoms with Crippen LogP contribution < -0.4 is 11.1 Å². The van der Waals surface area contributed by atoms with Gasteiger partial charge in [0.2, 0.25) is 5.95 Å². The topological polar surface area (TPSA) is 93.3 Å². The van der Waals surface area contributed by atoms with E-state index in [1.54, 1.807) is 7.11 Å². The summed E-state index contributed by atoms with van der Waals surface area (Å²) in [4.78, 5) is 8.80. The SMILES string of the molecule is C=C(OC)C(CCC)Nc1nc(N)nc(C)c1Cc1ccc(CO)cc1C. The molecule has 1 heterocycles. The van der Waals surface area contributed by atoms with Gasteiger partial charge in [-0.25, -0.2) is 4.98 Å². The number of hydrogen-bond acceptors (Lipinski definition) is 6. The monoisotopic (exact) mass is 370 g/mol. The minimum Gasteiger partial charge on any atom is -0.500 e. The minimum absolute atomic E-state index is 0.0375. The molecule has 1 aromatic heterocycles. The number of nitrogens with zero attached hydrogens (tertiary/aromatic N) is 2. The van der Waals surface area contributed by atoms with E-state index in [0.717, 1.165) is 40.8 Å². The number of methoxy groups -OCH3 is 1. The fourth-order valence-electron chi connectivity index (χ4n) is 3.10. The molecule has 6 heteroatoms. The number of aliphatic hydroxyl groups is 1. The molecular formula is C21H30N4O2. The average Bonchev–Trinajstić information content (AvgIpc) is 2.64. The number of anilines is 2. The Labute approximate surface area is 161 Å². The first kappa shape index (κ1) is 20.7. The van der Waals surface area contributed by atoms with Crippen molar-refractivity contribution < 1.29 is 9.84 Å². The molecule has 146 valence electrons. The Bertz CT molecular complexity index is 805. The third kappa shape index (κ3) is 5.20. The number of ether oxygens (including phenoxy) is 1. The van der Waals surface area contributed by atoms with Gasteiger partial charge in [-0.3, -0.25) is 0 Å². The van der Waals surface area contributed by atoms with Crippen molar-refractivity contribution in [2.45, 2.75) is 52.7 Å². The predicted molar refractivity (Wildman–Crippen MR) is 110 cm³/mol. The molecule has 0 amide bonds. The lowest BCUT2D eigenvalue weighted by Crippen LogP contribution is -2.24. The van der Waals surface area contributed by atoms with Crippen LogP contribution in [0.25, 0.3) is 0 Å². The molecule has 0 bridgehead atoms. The van der Waals surface area contributed by atoms with E-state index in [2.05, 4.69) is 28.8 Å². The molecule has 0 fully saturated rings. The van der Waals surface area contributed by atoms with Crippen LogP contribution in [-0.4, -0.2) is 28.2 Å². The molecule has 2 aromatic rings. The lowest BCUT2D eigenvalue weighted by atomic mass is 9.98. The molecule has 27 heavy (non-hydrogen) atoms. The van der Waals surface area contributed by atoms with E-state index in [4.69, 9.17) is 10.5 Å². The number of rotatable bonds is 9. The van der Waals surface area contributed by atoms with Crippen molar-refractivity contribution >= 4 is 11.8 Å². The maximum Gasteiger partial charge on any atom is 0.222 e. The largest absolute Gasteiger partial charge is 0.500 e. The van der Waals surface area contributed by atoms with Crippen molar-refractivity contribution in [2.24, 2.45) is 0 Å². The van der Waals surface area contributed by atoms with E-state index in [0.29, 0.717) is 18.0 Å². The van der Waals surface area contributed by atoms with E-state index < -0.39 is 0 Å². The molecule has 6 nitrogen and oxygen atoms in total. The maximum atomic E-state index is 9.32. The molecule has 0 saturated heterocycles. The molecular weight excluding hydrogens is 340 g/mol. The first-order valence-corrected chi connectivity index (χ1v) is 9.21. The molecule has 0 radical (unpaired) electrons. The zero-order valence-electron chi connectivity index (χ0n) is 16.7. The quantitative estimate of drug-likeness (QED) is 0.585. The zero-order valence-corrected chi connectivity index (χ0v) is 16.7. The number of nitrogen functional groups attached to an aromatic ring is 1. The smallest absolute Gasteiger partial charge is 0.222 e. The van der Waals surface area contributed by atoms with Gasteiger partial charge in [-0.1, -0.05) is 38.1 Å². The van der Waals surface area contributed by atoms with Crippen LogP contribution in [0.3, 0.4) is 0 Å². The molecule has 0 aliphatic heterocycles. The second kappa shape index (κ2) is 9.37. The summed E-state index contributed by atoms with van der Waals surface area (Å²) < 4.78 is 5.35. The van der Waals surface area contributed by atoms with Gasteiger partial charge in [0.05, 0.1) is 19.8 Å². The Morgan fingerprint density at radius 1 is 1.33 bits per heavy atom. The van der Waals surface area contributed by atoms with E-state index in [-0.39, 0.29) is 18.6 Å². The molecule has 0 saturated carbocycles. The highest BCUT2D eigenvalue weighted by atomic mass is 16.5. The van der Waals surface area contributed by atoms with Gasteiger partial charge in [0.25, 0.3) is 0 Å². The number of benzene rings is 1. The molecule has 2 rings (SSSR count). The summed E-state index contributed by atoms with van der Waals surface area (Å²) in [5.41, 5.74) is 10.9. The van der Waals surface area contributed by atoms with E-state index in [1.807, 2.05) is 32.0 Å². The van der Waals surface area contributed by atoms with Crippen molar-refractivity contribution in [2.75, 3.05) is 18.2 Å². The summed E-state index contributed by atoms with van der Waals surface area (Å²) in [6.45, 7) is 10.1. The second-order valence-corrected chi connectivity index (χ2v) is 6.75. The van der Waals surface area contributed by atoms with Gasteiger partial charge in [0, 0.05) is 17.7 Å². The van der Waals surface area contributed by atoms with Crippen LogP contribution in [0.2, 0.25) is 0 Å². The van der Waals surface area contributed by atoms with E-state index in [9.17, 15) is 5.11 Å². The summed E-state index contributed by atoms with van der Waals surface area (Å²) >= 11 is 0. The zero-order chi connectivity index (χ0) is 20.0. The van der Waals surface area contributed by atoms with Crippen molar-refractivity contribution in [1.82, 2.24) is 9.97 Å². The number of aryl methyl sites for hydroxylation is 2. The van der Waals surface area contributed by atoms with Gasteiger partial charge >= 0.3 is 0 Å². The Kier molecular flexibility index (Phi) is 7.19. The van der Waals surface area contributed by atoms with Crippen LogP contribution >= 0.6 is 0 Å². The third-order valence-electron chi connectivity index (χ3n) is 4.73. The van der Waals surface area contributed by atoms with Gasteiger partial charge in [-0.2, -0.15) is 4.98 Å². The second-order valence-electron chi connectivity index (χ2n) is 6.75. The Hall–Kier alpha value is -2.60. The normalized spacial score (nSPS) is 11.9. The average molecular weight is 370 g/mol. The summed E-state index contributed by atoms with van der Waals surface area (Å²) in [6, 6.07) is 5.93. The van der Waals surface area contributed by atoms with Crippen molar-refractivity contribution in [1.29, 1.82) is 0 Å². The Morgan fingerprint density at radius 2 is 2.07 bits per heavy atom. The molecule has 1 aromatic carbocycles. The first-order chi connectivity index (χ1) is 12.9. The van der Waals surface area contributed by atoms with Crippen LogP contribution in [0.4, 0.5) is 11.8 Å². The Morgan fingerprint density at radius 3 is 2.67 bits per heavy atom. The molecule has 0 aliphatic carbocycles. The van der Waals surface area contributed by atoms with Gasteiger partial charge in [0.1, 0.15) is 11.6 Å². The number of aliphatic hydroxyl groups excluding tert-OH is 1.